The number of aryl methyl sites for hydroxylation is 1. The second kappa shape index (κ2) is 4.76. The molecule has 2 rings (SSSR count). The van der Waals surface area contributed by atoms with Crippen molar-refractivity contribution in [3.63, 3.8) is 0 Å². The van der Waals surface area contributed by atoms with Crippen LogP contribution in [0.25, 0.3) is 0 Å². The van der Waals surface area contributed by atoms with Crippen molar-refractivity contribution in [2.75, 3.05) is 17.7 Å². The van der Waals surface area contributed by atoms with E-state index in [1.165, 1.54) is 0 Å². The number of pyridine rings is 1. The standard InChI is InChI=1S/C14H14N4/c1-10-7-12(16)14(17-9-10)18(2)13-6-4-3-5-11(13)8-15/h3-7,9H,16H2,1-2H3. The summed E-state index contributed by atoms with van der Waals surface area (Å²) in [5, 5.41) is 9.10. The van der Waals surface area contributed by atoms with Gasteiger partial charge in [-0.25, -0.2) is 4.98 Å². The molecule has 18 heavy (non-hydrogen) atoms. The van der Waals surface area contributed by atoms with Gasteiger partial charge in [-0.3, -0.25) is 0 Å². The van der Waals surface area contributed by atoms with Gasteiger partial charge in [-0.05, 0) is 30.7 Å². The molecule has 0 unspecified atom stereocenters. The number of hydrogen-bond acceptors (Lipinski definition) is 4. The topological polar surface area (TPSA) is 65.9 Å². The molecule has 0 aliphatic carbocycles. The molecular formula is C14H14N4. The van der Waals surface area contributed by atoms with E-state index < -0.39 is 0 Å². The Labute approximate surface area is 106 Å². The highest BCUT2D eigenvalue weighted by molar-refractivity contribution is 5.74. The lowest BCUT2D eigenvalue weighted by Gasteiger charge is -2.21. The minimum absolute atomic E-state index is 0.599. The van der Waals surface area contributed by atoms with E-state index in [0.29, 0.717) is 17.1 Å². The molecule has 1 heterocycles. The van der Waals surface area contributed by atoms with Gasteiger partial charge < -0.3 is 10.6 Å². The van der Waals surface area contributed by atoms with E-state index in [0.717, 1.165) is 11.3 Å². The summed E-state index contributed by atoms with van der Waals surface area (Å²) in [7, 11) is 1.85. The van der Waals surface area contributed by atoms with Gasteiger partial charge in [-0.15, -0.1) is 0 Å². The van der Waals surface area contributed by atoms with Gasteiger partial charge >= 0.3 is 0 Å². The maximum Gasteiger partial charge on any atom is 0.156 e. The van der Waals surface area contributed by atoms with Crippen molar-refractivity contribution in [1.82, 2.24) is 4.98 Å². The number of para-hydroxylation sites is 1. The van der Waals surface area contributed by atoms with Crippen LogP contribution in [-0.4, -0.2) is 12.0 Å². The zero-order valence-corrected chi connectivity index (χ0v) is 10.4. The molecule has 0 saturated carbocycles. The first-order chi connectivity index (χ1) is 8.63. The molecule has 0 spiro atoms. The van der Waals surface area contributed by atoms with Crippen molar-refractivity contribution in [1.29, 1.82) is 5.26 Å². The smallest absolute Gasteiger partial charge is 0.156 e. The summed E-state index contributed by atoms with van der Waals surface area (Å²) in [5.74, 6) is 0.656. The number of nitriles is 1. The van der Waals surface area contributed by atoms with Gasteiger partial charge in [-0.1, -0.05) is 12.1 Å². The second-order valence-electron chi connectivity index (χ2n) is 4.11. The average molecular weight is 238 g/mol. The highest BCUT2D eigenvalue weighted by Crippen LogP contribution is 2.29. The van der Waals surface area contributed by atoms with Gasteiger partial charge in [0, 0.05) is 13.2 Å². The van der Waals surface area contributed by atoms with Crippen LogP contribution in [0.2, 0.25) is 0 Å². The third kappa shape index (κ3) is 2.11. The molecule has 4 heteroatoms. The summed E-state index contributed by atoms with van der Waals surface area (Å²) in [5.41, 5.74) is 8.97. The van der Waals surface area contributed by atoms with E-state index in [1.54, 1.807) is 12.3 Å². The zero-order valence-electron chi connectivity index (χ0n) is 10.4. The van der Waals surface area contributed by atoms with E-state index in [-0.39, 0.29) is 0 Å². The molecule has 0 bridgehead atoms. The van der Waals surface area contributed by atoms with Gasteiger partial charge in [0.2, 0.25) is 0 Å². The van der Waals surface area contributed by atoms with Gasteiger partial charge in [0.15, 0.2) is 5.82 Å². The highest BCUT2D eigenvalue weighted by atomic mass is 15.2. The molecule has 1 aromatic heterocycles. The quantitative estimate of drug-likeness (QED) is 0.873. The summed E-state index contributed by atoms with van der Waals surface area (Å²) < 4.78 is 0. The van der Waals surface area contributed by atoms with Crippen LogP contribution >= 0.6 is 0 Å². The maximum atomic E-state index is 9.10. The highest BCUT2D eigenvalue weighted by Gasteiger charge is 2.12. The van der Waals surface area contributed by atoms with E-state index >= 15 is 0 Å². The largest absolute Gasteiger partial charge is 0.396 e. The van der Waals surface area contributed by atoms with Crippen molar-refractivity contribution >= 4 is 17.2 Å². The molecule has 2 aromatic rings. The number of nitrogens with zero attached hydrogens (tertiary/aromatic N) is 3. The molecule has 0 radical (unpaired) electrons. The summed E-state index contributed by atoms with van der Waals surface area (Å²) in [4.78, 5) is 6.15. The fourth-order valence-electron chi connectivity index (χ4n) is 1.84. The van der Waals surface area contributed by atoms with E-state index in [4.69, 9.17) is 11.0 Å². The monoisotopic (exact) mass is 238 g/mol. The second-order valence-corrected chi connectivity index (χ2v) is 4.11. The summed E-state index contributed by atoms with van der Waals surface area (Å²) in [6.45, 7) is 1.94. The molecule has 90 valence electrons. The first-order valence-corrected chi connectivity index (χ1v) is 5.58. The van der Waals surface area contributed by atoms with Crippen molar-refractivity contribution < 1.29 is 0 Å². The van der Waals surface area contributed by atoms with Crippen LogP contribution in [0.1, 0.15) is 11.1 Å². The molecule has 2 N–H and O–H groups in total. The Balaban J connectivity index is 2.48. The van der Waals surface area contributed by atoms with Gasteiger partial charge in [0.05, 0.1) is 16.9 Å². The molecule has 0 aliphatic rings. The van der Waals surface area contributed by atoms with Crippen molar-refractivity contribution in [3.8, 4) is 6.07 Å². The maximum absolute atomic E-state index is 9.10. The molecule has 4 nitrogen and oxygen atoms in total. The van der Waals surface area contributed by atoms with Crippen molar-refractivity contribution in [2.24, 2.45) is 0 Å². The first-order valence-electron chi connectivity index (χ1n) is 5.58. The molecule has 0 aliphatic heterocycles. The van der Waals surface area contributed by atoms with E-state index in [2.05, 4.69) is 11.1 Å². The molecular weight excluding hydrogens is 224 g/mol. The molecule has 0 fully saturated rings. The Kier molecular flexibility index (Phi) is 3.16. The fourth-order valence-corrected chi connectivity index (χ4v) is 1.84. The zero-order chi connectivity index (χ0) is 13.1. The Morgan fingerprint density at radius 1 is 1.33 bits per heavy atom. The molecule has 0 saturated heterocycles. The first kappa shape index (κ1) is 11.9. The number of nitrogens with two attached hydrogens (primary N) is 1. The predicted molar refractivity (Wildman–Crippen MR) is 72.6 cm³/mol. The SMILES string of the molecule is Cc1cnc(N(C)c2ccccc2C#N)c(N)c1. The molecule has 0 atom stereocenters. The normalized spacial score (nSPS) is 9.83. The van der Waals surface area contributed by atoms with Gasteiger partial charge in [-0.2, -0.15) is 5.26 Å². The fraction of sp³-hybridized carbons (Fsp3) is 0.143. The average Bonchev–Trinajstić information content (AvgIpc) is 2.38. The van der Waals surface area contributed by atoms with Crippen LogP contribution in [0.5, 0.6) is 0 Å². The molecule has 0 amide bonds. The van der Waals surface area contributed by atoms with E-state index in [1.807, 2.05) is 43.1 Å². The lowest BCUT2D eigenvalue weighted by molar-refractivity contribution is 1.12. The predicted octanol–water partition coefficient (Wildman–Crippen LogP) is 2.61. The lowest BCUT2D eigenvalue weighted by Crippen LogP contribution is -2.14. The number of nitrogen functional groups attached to an aromatic ring is 1. The van der Waals surface area contributed by atoms with Crippen LogP contribution in [0.4, 0.5) is 17.2 Å². The van der Waals surface area contributed by atoms with Crippen LogP contribution in [0.15, 0.2) is 36.5 Å². The van der Waals surface area contributed by atoms with Gasteiger partial charge in [0.25, 0.3) is 0 Å². The Hall–Kier alpha value is -2.54. The third-order valence-corrected chi connectivity index (χ3v) is 2.74. The molecule has 1 aromatic carbocycles. The Morgan fingerprint density at radius 2 is 2.06 bits per heavy atom. The van der Waals surface area contributed by atoms with Gasteiger partial charge in [0.1, 0.15) is 6.07 Å². The third-order valence-electron chi connectivity index (χ3n) is 2.74. The van der Waals surface area contributed by atoms with Crippen LogP contribution < -0.4 is 10.6 Å². The number of anilines is 3. The Morgan fingerprint density at radius 3 is 2.72 bits per heavy atom. The van der Waals surface area contributed by atoms with Crippen LogP contribution in [0.3, 0.4) is 0 Å². The number of aromatic nitrogens is 1. The van der Waals surface area contributed by atoms with Crippen molar-refractivity contribution in [2.45, 2.75) is 6.92 Å². The number of hydrogen-bond donors (Lipinski definition) is 1. The minimum atomic E-state index is 0.599. The minimum Gasteiger partial charge on any atom is -0.396 e. The van der Waals surface area contributed by atoms with Crippen LogP contribution in [0, 0.1) is 18.3 Å². The summed E-state index contributed by atoms with van der Waals surface area (Å²) in [6, 6.07) is 11.4. The summed E-state index contributed by atoms with van der Waals surface area (Å²) >= 11 is 0. The lowest BCUT2D eigenvalue weighted by atomic mass is 10.1. The Bertz CT molecular complexity index is 613. The number of rotatable bonds is 2. The number of benzene rings is 1. The van der Waals surface area contributed by atoms with Crippen molar-refractivity contribution in [3.05, 3.63) is 47.7 Å². The van der Waals surface area contributed by atoms with Crippen LogP contribution in [-0.2, 0) is 0 Å². The van der Waals surface area contributed by atoms with E-state index in [9.17, 15) is 0 Å². The summed E-state index contributed by atoms with van der Waals surface area (Å²) in [6.07, 6.45) is 1.76.